The number of rotatable bonds is 4. The van der Waals surface area contributed by atoms with E-state index in [1.165, 1.54) is 10.4 Å². The average Bonchev–Trinajstić information content (AvgIpc) is 2.77. The zero-order valence-electron chi connectivity index (χ0n) is 7.99. The van der Waals surface area contributed by atoms with Crippen LogP contribution in [-0.4, -0.2) is 4.98 Å². The molecule has 0 unspecified atom stereocenters. The number of aromatic nitrogens is 1. The molecule has 0 saturated carbocycles. The van der Waals surface area contributed by atoms with Crippen molar-refractivity contribution in [2.24, 2.45) is 0 Å². The first-order valence-electron chi connectivity index (χ1n) is 4.48. The van der Waals surface area contributed by atoms with Gasteiger partial charge in [0.05, 0.1) is 12.5 Å². The van der Waals surface area contributed by atoms with Crippen LogP contribution in [0.1, 0.15) is 15.4 Å². The summed E-state index contributed by atoms with van der Waals surface area (Å²) in [7, 11) is 0. The van der Waals surface area contributed by atoms with E-state index in [1.54, 1.807) is 23.9 Å². The van der Waals surface area contributed by atoms with Crippen molar-refractivity contribution in [2.45, 2.75) is 20.0 Å². The van der Waals surface area contributed by atoms with E-state index in [0.29, 0.717) is 0 Å². The third-order valence-corrected chi connectivity index (χ3v) is 2.77. The Morgan fingerprint density at radius 2 is 2.43 bits per heavy atom. The maximum Gasteiger partial charge on any atom is 0.107 e. The van der Waals surface area contributed by atoms with E-state index >= 15 is 0 Å². The van der Waals surface area contributed by atoms with Crippen molar-refractivity contribution in [3.05, 3.63) is 40.2 Å². The average molecular weight is 208 g/mol. The Bertz CT molecular complexity index is 380. The molecule has 2 rings (SSSR count). The van der Waals surface area contributed by atoms with Gasteiger partial charge in [-0.3, -0.25) is 0 Å². The van der Waals surface area contributed by atoms with E-state index in [1.807, 2.05) is 12.3 Å². The van der Waals surface area contributed by atoms with Crippen molar-refractivity contribution in [1.29, 1.82) is 0 Å². The van der Waals surface area contributed by atoms with Gasteiger partial charge in [-0.25, -0.2) is 4.98 Å². The third kappa shape index (κ3) is 2.43. The summed E-state index contributed by atoms with van der Waals surface area (Å²) < 4.78 is 4.97. The SMILES string of the molecule is Cc1cnc(CNCc2ccoc2)s1. The number of nitrogens with one attached hydrogen (secondary N) is 1. The first kappa shape index (κ1) is 9.43. The summed E-state index contributed by atoms with van der Waals surface area (Å²) in [6, 6.07) is 1.96. The molecule has 0 atom stereocenters. The van der Waals surface area contributed by atoms with Gasteiger partial charge in [0.1, 0.15) is 5.01 Å². The van der Waals surface area contributed by atoms with Crippen molar-refractivity contribution in [2.75, 3.05) is 0 Å². The summed E-state index contributed by atoms with van der Waals surface area (Å²) in [6.45, 7) is 3.72. The molecule has 14 heavy (non-hydrogen) atoms. The van der Waals surface area contributed by atoms with Gasteiger partial charge in [0.25, 0.3) is 0 Å². The molecule has 1 N–H and O–H groups in total. The quantitative estimate of drug-likeness (QED) is 0.838. The van der Waals surface area contributed by atoms with Crippen molar-refractivity contribution in [3.63, 3.8) is 0 Å². The van der Waals surface area contributed by atoms with Crippen molar-refractivity contribution in [1.82, 2.24) is 10.3 Å². The molecule has 0 aromatic carbocycles. The number of thiazole rings is 1. The predicted octanol–water partition coefficient (Wildman–Crippen LogP) is 2.33. The van der Waals surface area contributed by atoms with E-state index in [-0.39, 0.29) is 0 Å². The number of hydrogen-bond acceptors (Lipinski definition) is 4. The van der Waals surface area contributed by atoms with Crippen LogP contribution >= 0.6 is 11.3 Å². The van der Waals surface area contributed by atoms with E-state index < -0.39 is 0 Å². The van der Waals surface area contributed by atoms with Crippen LogP contribution in [0.15, 0.2) is 29.2 Å². The predicted molar refractivity (Wildman–Crippen MR) is 56.1 cm³/mol. The van der Waals surface area contributed by atoms with Crippen molar-refractivity contribution < 1.29 is 4.42 Å². The summed E-state index contributed by atoms with van der Waals surface area (Å²) in [5.41, 5.74) is 1.17. The second-order valence-corrected chi connectivity index (χ2v) is 4.42. The van der Waals surface area contributed by atoms with Gasteiger partial charge in [-0.2, -0.15) is 0 Å². The Morgan fingerprint density at radius 1 is 1.50 bits per heavy atom. The summed E-state index contributed by atoms with van der Waals surface area (Å²) in [5, 5.41) is 4.44. The van der Waals surface area contributed by atoms with Gasteiger partial charge >= 0.3 is 0 Å². The Hall–Kier alpha value is -1.13. The van der Waals surface area contributed by atoms with E-state index in [4.69, 9.17) is 4.42 Å². The summed E-state index contributed by atoms with van der Waals surface area (Å²) in [6.07, 6.45) is 5.34. The Balaban J connectivity index is 1.78. The highest BCUT2D eigenvalue weighted by Crippen LogP contribution is 2.10. The topological polar surface area (TPSA) is 38.1 Å². The second kappa shape index (κ2) is 4.39. The molecule has 74 valence electrons. The fourth-order valence-corrected chi connectivity index (χ4v) is 1.95. The van der Waals surface area contributed by atoms with Crippen LogP contribution in [0.5, 0.6) is 0 Å². The number of hydrogen-bond donors (Lipinski definition) is 1. The molecule has 0 aliphatic carbocycles. The largest absolute Gasteiger partial charge is 0.472 e. The molecule has 0 spiro atoms. The molecular formula is C10H12N2OS. The lowest BCUT2D eigenvalue weighted by molar-refractivity contribution is 0.560. The fraction of sp³-hybridized carbons (Fsp3) is 0.300. The fourth-order valence-electron chi connectivity index (χ4n) is 1.19. The molecule has 2 heterocycles. The molecule has 0 aliphatic heterocycles. The zero-order chi connectivity index (χ0) is 9.80. The molecule has 0 aliphatic rings. The van der Waals surface area contributed by atoms with Gasteiger partial charge in [-0.15, -0.1) is 11.3 Å². The molecule has 0 amide bonds. The van der Waals surface area contributed by atoms with Gasteiger partial charge < -0.3 is 9.73 Å². The standard InChI is InChI=1S/C10H12N2OS/c1-8-4-12-10(14-8)6-11-5-9-2-3-13-7-9/h2-4,7,11H,5-6H2,1H3. The molecule has 0 bridgehead atoms. The van der Waals surface area contributed by atoms with Crippen LogP contribution < -0.4 is 5.32 Å². The first-order chi connectivity index (χ1) is 6.84. The van der Waals surface area contributed by atoms with Crippen LogP contribution in [0.2, 0.25) is 0 Å². The van der Waals surface area contributed by atoms with Gasteiger partial charge in [0.15, 0.2) is 0 Å². The molecular weight excluding hydrogens is 196 g/mol. The van der Waals surface area contributed by atoms with E-state index in [2.05, 4.69) is 17.2 Å². The lowest BCUT2D eigenvalue weighted by Gasteiger charge is -1.98. The molecule has 0 saturated heterocycles. The smallest absolute Gasteiger partial charge is 0.107 e. The number of furan rings is 1. The minimum atomic E-state index is 0.823. The molecule has 4 heteroatoms. The highest BCUT2D eigenvalue weighted by Gasteiger charge is 1.98. The Kier molecular flexibility index (Phi) is 2.96. The molecule has 0 radical (unpaired) electrons. The lowest BCUT2D eigenvalue weighted by Crippen LogP contribution is -2.11. The summed E-state index contributed by atoms with van der Waals surface area (Å²) in [5.74, 6) is 0. The van der Waals surface area contributed by atoms with Crippen molar-refractivity contribution in [3.8, 4) is 0 Å². The second-order valence-electron chi connectivity index (χ2n) is 3.10. The van der Waals surface area contributed by atoms with Gasteiger partial charge in [-0.1, -0.05) is 0 Å². The number of nitrogens with zero attached hydrogens (tertiary/aromatic N) is 1. The molecule has 2 aromatic heterocycles. The maximum absolute atomic E-state index is 4.97. The minimum absolute atomic E-state index is 0.823. The summed E-state index contributed by atoms with van der Waals surface area (Å²) in [4.78, 5) is 5.52. The van der Waals surface area contributed by atoms with Crippen LogP contribution in [0.25, 0.3) is 0 Å². The highest BCUT2D eigenvalue weighted by molar-refractivity contribution is 7.11. The lowest BCUT2D eigenvalue weighted by atomic mass is 10.3. The monoisotopic (exact) mass is 208 g/mol. The van der Waals surface area contributed by atoms with Gasteiger partial charge in [0, 0.05) is 29.7 Å². The molecule has 0 fully saturated rings. The van der Waals surface area contributed by atoms with Crippen LogP contribution in [-0.2, 0) is 13.1 Å². The van der Waals surface area contributed by atoms with Crippen LogP contribution in [0, 0.1) is 6.92 Å². The summed E-state index contributed by atoms with van der Waals surface area (Å²) >= 11 is 1.73. The molecule has 2 aromatic rings. The zero-order valence-corrected chi connectivity index (χ0v) is 8.80. The maximum atomic E-state index is 4.97. The highest BCUT2D eigenvalue weighted by atomic mass is 32.1. The van der Waals surface area contributed by atoms with E-state index in [9.17, 15) is 0 Å². The Morgan fingerprint density at radius 3 is 3.07 bits per heavy atom. The van der Waals surface area contributed by atoms with E-state index in [0.717, 1.165) is 18.1 Å². The van der Waals surface area contributed by atoms with Crippen LogP contribution in [0.4, 0.5) is 0 Å². The van der Waals surface area contributed by atoms with Gasteiger partial charge in [-0.05, 0) is 13.0 Å². The van der Waals surface area contributed by atoms with Gasteiger partial charge in [0.2, 0.25) is 0 Å². The Labute approximate surface area is 86.8 Å². The van der Waals surface area contributed by atoms with Crippen molar-refractivity contribution >= 4 is 11.3 Å². The third-order valence-electron chi connectivity index (χ3n) is 1.85. The number of aryl methyl sites for hydroxylation is 1. The normalized spacial score (nSPS) is 10.6. The molecule has 3 nitrogen and oxygen atoms in total. The minimum Gasteiger partial charge on any atom is -0.472 e. The van der Waals surface area contributed by atoms with Crippen LogP contribution in [0.3, 0.4) is 0 Å². The first-order valence-corrected chi connectivity index (χ1v) is 5.29.